The highest BCUT2D eigenvalue weighted by molar-refractivity contribution is 7.91. The molecule has 0 saturated heterocycles. The Hall–Kier alpha value is -1.70. The van der Waals surface area contributed by atoms with Crippen LogP contribution in [-0.2, 0) is 26.8 Å². The van der Waals surface area contributed by atoms with Crippen LogP contribution < -0.4 is 10.0 Å². The number of carbonyl (C=O) groups excluding carboxylic acids is 1. The molecule has 0 bridgehead atoms. The first-order chi connectivity index (χ1) is 12.2. The summed E-state index contributed by atoms with van der Waals surface area (Å²) < 4.78 is 28.8. The average molecular weight is 393 g/mol. The van der Waals surface area contributed by atoms with Crippen molar-refractivity contribution >= 4 is 27.3 Å². The van der Waals surface area contributed by atoms with Gasteiger partial charge in [0.05, 0.1) is 6.54 Å². The van der Waals surface area contributed by atoms with Gasteiger partial charge >= 0.3 is 0 Å². The fourth-order valence-electron chi connectivity index (χ4n) is 3.39. The molecule has 0 saturated carbocycles. The molecule has 1 unspecified atom stereocenters. The molecule has 1 aliphatic rings. The molecule has 1 aromatic heterocycles. The molecule has 5 nitrogen and oxygen atoms in total. The molecule has 0 aliphatic heterocycles. The number of benzene rings is 1. The smallest absolute Gasteiger partial charge is 0.250 e. The third kappa shape index (κ3) is 4.00. The summed E-state index contributed by atoms with van der Waals surface area (Å²) in [5.41, 5.74) is 2.31. The molecule has 1 amide bonds. The van der Waals surface area contributed by atoms with Crippen molar-refractivity contribution in [3.63, 3.8) is 0 Å². The van der Waals surface area contributed by atoms with Crippen LogP contribution in [0.3, 0.4) is 0 Å². The molecule has 1 aromatic carbocycles. The number of rotatable bonds is 5. The van der Waals surface area contributed by atoms with Crippen LogP contribution in [0.5, 0.6) is 0 Å². The summed E-state index contributed by atoms with van der Waals surface area (Å²) in [6.07, 6.45) is 1.70. The Kier molecular flexibility index (Phi) is 5.23. The molecule has 3 rings (SSSR count). The van der Waals surface area contributed by atoms with Crippen LogP contribution in [0.25, 0.3) is 0 Å². The van der Waals surface area contributed by atoms with E-state index in [1.807, 2.05) is 18.2 Å². The maximum atomic E-state index is 12.8. The van der Waals surface area contributed by atoms with Gasteiger partial charge in [-0.2, -0.15) is 0 Å². The van der Waals surface area contributed by atoms with Crippen LogP contribution in [0, 0.1) is 0 Å². The Morgan fingerprint density at radius 1 is 1.23 bits per heavy atom. The number of carbonyl (C=O) groups is 1. The Morgan fingerprint density at radius 3 is 2.69 bits per heavy atom. The monoisotopic (exact) mass is 392 g/mol. The topological polar surface area (TPSA) is 75.3 Å². The van der Waals surface area contributed by atoms with Gasteiger partial charge in [-0.3, -0.25) is 4.79 Å². The molecular weight excluding hydrogens is 368 g/mol. The van der Waals surface area contributed by atoms with E-state index in [4.69, 9.17) is 0 Å². The van der Waals surface area contributed by atoms with Crippen LogP contribution in [-0.4, -0.2) is 14.3 Å². The zero-order valence-corrected chi connectivity index (χ0v) is 16.8. The first-order valence-electron chi connectivity index (χ1n) is 8.64. The molecule has 2 aromatic rings. The summed E-state index contributed by atoms with van der Waals surface area (Å²) in [6.45, 7) is 6.18. The highest BCUT2D eigenvalue weighted by Crippen LogP contribution is 2.42. The minimum atomic E-state index is -3.60. The van der Waals surface area contributed by atoms with Crippen molar-refractivity contribution in [2.45, 2.75) is 55.8 Å². The number of fused-ring (bicyclic) bond motifs is 1. The van der Waals surface area contributed by atoms with E-state index in [0.29, 0.717) is 6.54 Å². The van der Waals surface area contributed by atoms with Crippen LogP contribution in [0.1, 0.15) is 55.7 Å². The summed E-state index contributed by atoms with van der Waals surface area (Å²) in [6, 6.07) is 11.2. The Morgan fingerprint density at radius 2 is 1.96 bits per heavy atom. The van der Waals surface area contributed by atoms with Gasteiger partial charge < -0.3 is 5.32 Å². The standard InChI is InChI=1S/C19H24N2O3S2/c1-13(22)20-12-14-8-9-18(25-14)26(23,24)21-17-10-11-19(2,3)16-7-5-4-6-15(16)17/h4-9,17,21H,10-12H2,1-3H3,(H,20,22). The Balaban J connectivity index is 1.81. The second-order valence-electron chi connectivity index (χ2n) is 7.31. The first-order valence-corrected chi connectivity index (χ1v) is 10.9. The second-order valence-corrected chi connectivity index (χ2v) is 10.4. The summed E-state index contributed by atoms with van der Waals surface area (Å²) >= 11 is 1.19. The predicted molar refractivity (Wildman–Crippen MR) is 104 cm³/mol. The van der Waals surface area contributed by atoms with Crippen molar-refractivity contribution in [3.8, 4) is 0 Å². The maximum Gasteiger partial charge on any atom is 0.250 e. The minimum Gasteiger partial charge on any atom is -0.351 e. The molecule has 140 valence electrons. The number of nitrogens with one attached hydrogen (secondary N) is 2. The third-order valence-corrected chi connectivity index (χ3v) is 7.88. The van der Waals surface area contributed by atoms with Crippen molar-refractivity contribution in [2.24, 2.45) is 0 Å². The van der Waals surface area contributed by atoms with Crippen molar-refractivity contribution in [1.29, 1.82) is 0 Å². The second kappa shape index (κ2) is 7.13. The lowest BCUT2D eigenvalue weighted by atomic mass is 9.71. The number of sulfonamides is 1. The van der Waals surface area contributed by atoms with Gasteiger partial charge in [-0.1, -0.05) is 38.1 Å². The fraction of sp³-hybridized carbons (Fsp3) is 0.421. The van der Waals surface area contributed by atoms with E-state index in [0.717, 1.165) is 23.3 Å². The van der Waals surface area contributed by atoms with E-state index >= 15 is 0 Å². The van der Waals surface area contributed by atoms with Gasteiger partial charge in [0.25, 0.3) is 10.0 Å². The lowest BCUT2D eigenvalue weighted by molar-refractivity contribution is -0.119. The van der Waals surface area contributed by atoms with Gasteiger partial charge in [-0.05, 0) is 41.5 Å². The summed E-state index contributed by atoms with van der Waals surface area (Å²) in [7, 11) is -3.60. The van der Waals surface area contributed by atoms with Gasteiger partial charge in [0.1, 0.15) is 4.21 Å². The molecule has 7 heteroatoms. The predicted octanol–water partition coefficient (Wildman–Crippen LogP) is 3.48. The van der Waals surface area contributed by atoms with E-state index in [1.54, 1.807) is 12.1 Å². The molecule has 26 heavy (non-hydrogen) atoms. The quantitative estimate of drug-likeness (QED) is 0.818. The molecule has 2 N–H and O–H groups in total. The Labute approximate surface area is 158 Å². The van der Waals surface area contributed by atoms with E-state index in [9.17, 15) is 13.2 Å². The van der Waals surface area contributed by atoms with Crippen LogP contribution in [0.2, 0.25) is 0 Å². The summed E-state index contributed by atoms with van der Waals surface area (Å²) in [5.74, 6) is -0.137. The molecule has 1 atom stereocenters. The minimum absolute atomic E-state index is 0.0486. The Bertz CT molecular complexity index is 916. The number of hydrogen-bond donors (Lipinski definition) is 2. The molecule has 0 radical (unpaired) electrons. The van der Waals surface area contributed by atoms with E-state index in [1.165, 1.54) is 23.8 Å². The van der Waals surface area contributed by atoms with E-state index < -0.39 is 10.0 Å². The third-order valence-electron chi connectivity index (χ3n) is 4.83. The lowest BCUT2D eigenvalue weighted by Gasteiger charge is -2.37. The van der Waals surface area contributed by atoms with Gasteiger partial charge in [0, 0.05) is 17.8 Å². The molecule has 0 spiro atoms. The van der Waals surface area contributed by atoms with Gasteiger partial charge in [-0.25, -0.2) is 13.1 Å². The van der Waals surface area contributed by atoms with E-state index in [2.05, 4.69) is 30.0 Å². The number of hydrogen-bond acceptors (Lipinski definition) is 4. The molecule has 1 aliphatic carbocycles. The van der Waals surface area contributed by atoms with Crippen molar-refractivity contribution in [2.75, 3.05) is 0 Å². The lowest BCUT2D eigenvalue weighted by Crippen LogP contribution is -2.35. The van der Waals surface area contributed by atoms with Crippen molar-refractivity contribution in [1.82, 2.24) is 10.0 Å². The zero-order chi connectivity index (χ0) is 18.9. The van der Waals surface area contributed by atoms with Crippen molar-refractivity contribution in [3.05, 3.63) is 52.4 Å². The summed E-state index contributed by atoms with van der Waals surface area (Å²) in [5, 5.41) is 2.69. The number of thiophene rings is 1. The first kappa shape index (κ1) is 19.1. The molecule has 1 heterocycles. The fourth-order valence-corrected chi connectivity index (χ4v) is 5.95. The van der Waals surface area contributed by atoms with Gasteiger partial charge in [-0.15, -0.1) is 11.3 Å². The zero-order valence-electron chi connectivity index (χ0n) is 15.2. The molecular formula is C19H24N2O3S2. The maximum absolute atomic E-state index is 12.8. The highest BCUT2D eigenvalue weighted by atomic mass is 32.2. The van der Waals surface area contributed by atoms with Crippen LogP contribution in [0.15, 0.2) is 40.6 Å². The van der Waals surface area contributed by atoms with Gasteiger partial charge in [0.15, 0.2) is 0 Å². The largest absolute Gasteiger partial charge is 0.351 e. The van der Waals surface area contributed by atoms with Crippen LogP contribution >= 0.6 is 11.3 Å². The average Bonchev–Trinajstić information content (AvgIpc) is 3.06. The van der Waals surface area contributed by atoms with Gasteiger partial charge in [0.2, 0.25) is 5.91 Å². The highest BCUT2D eigenvalue weighted by Gasteiger charge is 2.34. The van der Waals surface area contributed by atoms with Crippen molar-refractivity contribution < 1.29 is 13.2 Å². The molecule has 0 fully saturated rings. The van der Waals surface area contributed by atoms with Crippen LogP contribution in [0.4, 0.5) is 0 Å². The number of amides is 1. The normalized spacial score (nSPS) is 19.0. The SMILES string of the molecule is CC(=O)NCc1ccc(S(=O)(=O)NC2CCC(C)(C)c3ccccc32)s1. The summed E-state index contributed by atoms with van der Waals surface area (Å²) in [4.78, 5) is 11.8. The van der Waals surface area contributed by atoms with E-state index in [-0.39, 0.29) is 21.6 Å².